The lowest BCUT2D eigenvalue weighted by molar-refractivity contribution is -0.117. The molecule has 4 aliphatic carbocycles. The van der Waals surface area contributed by atoms with Crippen LogP contribution >= 0.6 is 11.8 Å². The molecular weight excluding hydrogens is 318 g/mol. The third-order valence-corrected chi connectivity index (χ3v) is 8.12. The fourth-order valence-electron chi connectivity index (χ4n) is 6.42. The molecule has 6 rings (SSSR count). The SMILES string of the molecule is Cc1cc(N2C(=O)CSC2C23CC4CC(CC(C4)C2)C3)nc(C)n1. The second-order valence-electron chi connectivity index (χ2n) is 8.62. The zero-order valence-electron chi connectivity index (χ0n) is 14.5. The molecule has 5 fully saturated rings. The number of carbonyl (C=O) groups excluding carboxylic acids is 1. The smallest absolute Gasteiger partial charge is 0.239 e. The molecule has 0 radical (unpaired) electrons. The van der Waals surface area contributed by atoms with E-state index in [1.165, 1.54) is 38.5 Å². The number of hydrogen-bond acceptors (Lipinski definition) is 4. The highest BCUT2D eigenvalue weighted by atomic mass is 32.2. The summed E-state index contributed by atoms with van der Waals surface area (Å²) in [6.07, 6.45) is 8.29. The average molecular weight is 343 g/mol. The molecule has 1 aromatic heterocycles. The average Bonchev–Trinajstić information content (AvgIpc) is 2.87. The number of aromatic nitrogens is 2. The third-order valence-electron chi connectivity index (χ3n) is 6.68. The summed E-state index contributed by atoms with van der Waals surface area (Å²) in [5.41, 5.74) is 1.28. The second kappa shape index (κ2) is 5.20. The van der Waals surface area contributed by atoms with E-state index in [0.717, 1.165) is 35.1 Å². The Balaban J connectivity index is 1.54. The van der Waals surface area contributed by atoms with E-state index in [2.05, 4.69) is 9.97 Å². The zero-order valence-corrected chi connectivity index (χ0v) is 15.3. The molecule has 0 N–H and O–H groups in total. The highest BCUT2D eigenvalue weighted by Crippen LogP contribution is 2.64. The summed E-state index contributed by atoms with van der Waals surface area (Å²) in [6, 6.07) is 1.99. The number of carbonyl (C=O) groups is 1. The highest BCUT2D eigenvalue weighted by Gasteiger charge is 2.58. The molecule has 1 saturated heterocycles. The van der Waals surface area contributed by atoms with Gasteiger partial charge in [0.05, 0.1) is 11.1 Å². The van der Waals surface area contributed by atoms with Crippen molar-refractivity contribution in [1.29, 1.82) is 0 Å². The Morgan fingerprint density at radius 2 is 1.71 bits per heavy atom. The molecule has 2 heterocycles. The molecule has 4 bridgehead atoms. The molecule has 5 aliphatic rings. The van der Waals surface area contributed by atoms with Crippen LogP contribution < -0.4 is 4.90 Å². The molecule has 24 heavy (non-hydrogen) atoms. The van der Waals surface area contributed by atoms with Crippen molar-refractivity contribution < 1.29 is 4.79 Å². The van der Waals surface area contributed by atoms with Gasteiger partial charge >= 0.3 is 0 Å². The maximum absolute atomic E-state index is 12.7. The first-order valence-corrected chi connectivity index (χ1v) is 10.3. The van der Waals surface area contributed by atoms with E-state index in [0.29, 0.717) is 11.2 Å². The van der Waals surface area contributed by atoms with E-state index < -0.39 is 0 Å². The molecule has 0 aromatic carbocycles. The first-order chi connectivity index (χ1) is 11.5. The maximum atomic E-state index is 12.7. The Hall–Kier alpha value is -1.10. The van der Waals surface area contributed by atoms with E-state index in [1.54, 1.807) is 0 Å². The van der Waals surface area contributed by atoms with Crippen LogP contribution in [0.25, 0.3) is 0 Å². The van der Waals surface area contributed by atoms with Crippen molar-refractivity contribution in [1.82, 2.24) is 9.97 Å². The van der Waals surface area contributed by atoms with Gasteiger partial charge in [0.25, 0.3) is 0 Å². The monoisotopic (exact) mass is 343 g/mol. The lowest BCUT2D eigenvalue weighted by atomic mass is 9.49. The molecule has 4 saturated carbocycles. The molecule has 1 atom stereocenters. The summed E-state index contributed by atoms with van der Waals surface area (Å²) >= 11 is 1.87. The number of nitrogens with zero attached hydrogens (tertiary/aromatic N) is 3. The van der Waals surface area contributed by atoms with Gasteiger partial charge in [-0.2, -0.15) is 0 Å². The van der Waals surface area contributed by atoms with Crippen molar-refractivity contribution in [3.63, 3.8) is 0 Å². The van der Waals surface area contributed by atoms with Crippen molar-refractivity contribution in [2.24, 2.45) is 23.2 Å². The van der Waals surface area contributed by atoms with E-state index in [-0.39, 0.29) is 11.3 Å². The predicted molar refractivity (Wildman–Crippen MR) is 95.8 cm³/mol. The lowest BCUT2D eigenvalue weighted by Crippen LogP contribution is -2.55. The summed E-state index contributed by atoms with van der Waals surface area (Å²) in [5.74, 6) is 5.15. The number of hydrogen-bond donors (Lipinski definition) is 0. The van der Waals surface area contributed by atoms with Crippen molar-refractivity contribution in [2.45, 2.75) is 57.7 Å². The van der Waals surface area contributed by atoms with Gasteiger partial charge in [0.2, 0.25) is 5.91 Å². The molecule has 1 aliphatic heterocycles. The maximum Gasteiger partial charge on any atom is 0.239 e. The third kappa shape index (κ3) is 2.23. The number of amides is 1. The zero-order chi connectivity index (χ0) is 16.5. The Labute approximate surface area is 147 Å². The van der Waals surface area contributed by atoms with Gasteiger partial charge in [-0.05, 0) is 70.1 Å². The Bertz CT molecular complexity index is 648. The molecule has 1 aromatic rings. The van der Waals surface area contributed by atoms with Crippen LogP contribution in [0.3, 0.4) is 0 Å². The Kier molecular flexibility index (Phi) is 3.29. The van der Waals surface area contributed by atoms with Crippen LogP contribution in [-0.4, -0.2) is 27.0 Å². The number of rotatable bonds is 2. The minimum atomic E-state index is 0.234. The largest absolute Gasteiger partial charge is 0.283 e. The van der Waals surface area contributed by atoms with Gasteiger partial charge in [-0.3, -0.25) is 9.69 Å². The molecule has 128 valence electrons. The Morgan fingerprint density at radius 3 is 2.29 bits per heavy atom. The molecular formula is C19H25N3OS. The van der Waals surface area contributed by atoms with Crippen molar-refractivity contribution >= 4 is 23.5 Å². The van der Waals surface area contributed by atoms with Gasteiger partial charge in [-0.15, -0.1) is 11.8 Å². The first-order valence-electron chi connectivity index (χ1n) is 9.28. The van der Waals surface area contributed by atoms with Crippen LogP contribution in [0.15, 0.2) is 6.07 Å². The first kappa shape index (κ1) is 15.2. The quantitative estimate of drug-likeness (QED) is 0.821. The van der Waals surface area contributed by atoms with E-state index in [9.17, 15) is 4.79 Å². The fourth-order valence-corrected chi connectivity index (χ4v) is 7.88. The van der Waals surface area contributed by atoms with Gasteiger partial charge in [-0.1, -0.05) is 0 Å². The van der Waals surface area contributed by atoms with Gasteiger partial charge in [-0.25, -0.2) is 9.97 Å². The van der Waals surface area contributed by atoms with Gasteiger partial charge in [0, 0.05) is 17.2 Å². The van der Waals surface area contributed by atoms with E-state index in [4.69, 9.17) is 0 Å². The predicted octanol–water partition coefficient (Wildman–Crippen LogP) is 3.72. The summed E-state index contributed by atoms with van der Waals surface area (Å²) < 4.78 is 0. The van der Waals surface area contributed by atoms with E-state index >= 15 is 0 Å². The van der Waals surface area contributed by atoms with Crippen LogP contribution in [0.4, 0.5) is 5.82 Å². The van der Waals surface area contributed by atoms with Crippen LogP contribution in [0.2, 0.25) is 0 Å². The fraction of sp³-hybridized carbons (Fsp3) is 0.737. The molecule has 0 spiro atoms. The molecule has 1 amide bonds. The number of anilines is 1. The van der Waals surface area contributed by atoms with Gasteiger partial charge in [0.1, 0.15) is 11.6 Å². The Morgan fingerprint density at radius 1 is 1.08 bits per heavy atom. The van der Waals surface area contributed by atoms with Crippen molar-refractivity contribution in [2.75, 3.05) is 10.7 Å². The summed E-state index contributed by atoms with van der Waals surface area (Å²) in [6.45, 7) is 3.91. The van der Waals surface area contributed by atoms with Crippen molar-refractivity contribution in [3.05, 3.63) is 17.6 Å². The second-order valence-corrected chi connectivity index (χ2v) is 9.69. The van der Waals surface area contributed by atoms with Crippen LogP contribution in [0.1, 0.15) is 50.0 Å². The minimum absolute atomic E-state index is 0.234. The lowest BCUT2D eigenvalue weighted by Gasteiger charge is -2.59. The van der Waals surface area contributed by atoms with Crippen LogP contribution in [0.5, 0.6) is 0 Å². The molecule has 4 nitrogen and oxygen atoms in total. The number of thioether (sulfide) groups is 1. The summed E-state index contributed by atoms with van der Waals surface area (Å²) in [7, 11) is 0. The summed E-state index contributed by atoms with van der Waals surface area (Å²) in [4.78, 5) is 23.8. The summed E-state index contributed by atoms with van der Waals surface area (Å²) in [5, 5.41) is 0.284. The van der Waals surface area contributed by atoms with Crippen LogP contribution in [0, 0.1) is 37.0 Å². The van der Waals surface area contributed by atoms with Crippen molar-refractivity contribution in [3.8, 4) is 0 Å². The molecule has 1 unspecified atom stereocenters. The topological polar surface area (TPSA) is 46.1 Å². The normalized spacial score (nSPS) is 40.6. The highest BCUT2D eigenvalue weighted by molar-refractivity contribution is 8.01. The van der Waals surface area contributed by atoms with Gasteiger partial charge < -0.3 is 0 Å². The number of aryl methyl sites for hydroxylation is 2. The van der Waals surface area contributed by atoms with Gasteiger partial charge in [0.15, 0.2) is 0 Å². The van der Waals surface area contributed by atoms with E-state index in [1.807, 2.05) is 36.6 Å². The standard InChI is InChI=1S/C19H25N3OS/c1-11-3-16(21-12(2)20-11)22-17(23)10-24-18(22)19-7-13-4-14(8-19)6-15(5-13)9-19/h3,13-15,18H,4-10H2,1-2H3. The minimum Gasteiger partial charge on any atom is -0.283 e. The molecule has 5 heteroatoms. The van der Waals surface area contributed by atoms with Crippen LogP contribution in [-0.2, 0) is 4.79 Å².